The van der Waals surface area contributed by atoms with Gasteiger partial charge in [0.2, 0.25) is 0 Å². The lowest BCUT2D eigenvalue weighted by molar-refractivity contribution is -0.0701. The summed E-state index contributed by atoms with van der Waals surface area (Å²) in [6.07, 6.45) is 7.71. The molecule has 1 unspecified atom stereocenters. The summed E-state index contributed by atoms with van der Waals surface area (Å²) in [5.41, 5.74) is -0.730. The van der Waals surface area contributed by atoms with E-state index in [9.17, 15) is 5.11 Å². The van der Waals surface area contributed by atoms with Crippen LogP contribution in [0.3, 0.4) is 0 Å². The standard InChI is InChI=1S/C13H27NO2/c1-3-9-14-10-13(2,15)11-16-12-7-5-4-6-8-12/h12,14-15H,3-11H2,1-2H3. The van der Waals surface area contributed by atoms with Crippen LogP contribution in [0, 0.1) is 0 Å². The second-order valence-electron chi connectivity index (χ2n) is 5.24. The summed E-state index contributed by atoms with van der Waals surface area (Å²) in [4.78, 5) is 0. The van der Waals surface area contributed by atoms with Crippen LogP contribution in [-0.2, 0) is 4.74 Å². The van der Waals surface area contributed by atoms with Crippen molar-refractivity contribution < 1.29 is 9.84 Å². The third-order valence-electron chi connectivity index (χ3n) is 3.11. The SMILES string of the molecule is CCCNCC(C)(O)COC1CCCCC1. The van der Waals surface area contributed by atoms with Crippen molar-refractivity contribution in [2.24, 2.45) is 0 Å². The fourth-order valence-corrected chi connectivity index (χ4v) is 2.11. The van der Waals surface area contributed by atoms with Crippen molar-refractivity contribution >= 4 is 0 Å². The van der Waals surface area contributed by atoms with Crippen LogP contribution in [0.25, 0.3) is 0 Å². The van der Waals surface area contributed by atoms with Crippen LogP contribution in [-0.4, -0.2) is 36.5 Å². The lowest BCUT2D eigenvalue weighted by Crippen LogP contribution is -2.43. The summed E-state index contributed by atoms with van der Waals surface area (Å²) < 4.78 is 5.79. The minimum absolute atomic E-state index is 0.381. The first-order valence-electron chi connectivity index (χ1n) is 6.69. The average molecular weight is 229 g/mol. The van der Waals surface area contributed by atoms with Gasteiger partial charge in [0.1, 0.15) is 0 Å². The fourth-order valence-electron chi connectivity index (χ4n) is 2.11. The van der Waals surface area contributed by atoms with Gasteiger partial charge in [-0.15, -0.1) is 0 Å². The molecule has 0 spiro atoms. The highest BCUT2D eigenvalue weighted by molar-refractivity contribution is 4.76. The molecule has 1 atom stereocenters. The van der Waals surface area contributed by atoms with Crippen molar-refractivity contribution in [3.05, 3.63) is 0 Å². The van der Waals surface area contributed by atoms with Crippen LogP contribution in [0.2, 0.25) is 0 Å². The Kier molecular flexibility index (Phi) is 6.32. The Morgan fingerprint density at radius 1 is 1.31 bits per heavy atom. The van der Waals surface area contributed by atoms with Crippen molar-refractivity contribution in [2.45, 2.75) is 64.1 Å². The molecule has 1 saturated carbocycles. The van der Waals surface area contributed by atoms with Crippen LogP contribution < -0.4 is 5.32 Å². The van der Waals surface area contributed by atoms with E-state index in [4.69, 9.17) is 4.74 Å². The number of hydrogen-bond donors (Lipinski definition) is 2. The van der Waals surface area contributed by atoms with E-state index in [1.165, 1.54) is 32.1 Å². The number of ether oxygens (including phenoxy) is 1. The highest BCUT2D eigenvalue weighted by Gasteiger charge is 2.23. The molecule has 0 saturated heterocycles. The predicted molar refractivity (Wildman–Crippen MR) is 66.6 cm³/mol. The van der Waals surface area contributed by atoms with Gasteiger partial charge in [-0.2, -0.15) is 0 Å². The summed E-state index contributed by atoms with van der Waals surface area (Å²) in [5.74, 6) is 0. The van der Waals surface area contributed by atoms with E-state index in [-0.39, 0.29) is 0 Å². The van der Waals surface area contributed by atoms with Gasteiger partial charge in [0, 0.05) is 6.54 Å². The van der Waals surface area contributed by atoms with Crippen LogP contribution in [0.15, 0.2) is 0 Å². The molecule has 0 aromatic carbocycles. The molecule has 0 bridgehead atoms. The van der Waals surface area contributed by atoms with Gasteiger partial charge in [-0.25, -0.2) is 0 Å². The maximum absolute atomic E-state index is 10.1. The molecule has 1 rings (SSSR count). The largest absolute Gasteiger partial charge is 0.386 e. The third-order valence-corrected chi connectivity index (χ3v) is 3.11. The van der Waals surface area contributed by atoms with Crippen LogP contribution >= 0.6 is 0 Å². The zero-order chi connectivity index (χ0) is 11.9. The fraction of sp³-hybridized carbons (Fsp3) is 1.00. The van der Waals surface area contributed by atoms with Gasteiger partial charge >= 0.3 is 0 Å². The summed E-state index contributed by atoms with van der Waals surface area (Å²) in [7, 11) is 0. The zero-order valence-corrected chi connectivity index (χ0v) is 10.8. The van der Waals surface area contributed by atoms with Gasteiger partial charge in [0.25, 0.3) is 0 Å². The summed E-state index contributed by atoms with van der Waals surface area (Å²) >= 11 is 0. The molecular formula is C13H27NO2. The first kappa shape index (κ1) is 13.9. The molecule has 0 heterocycles. The van der Waals surface area contributed by atoms with E-state index in [1.54, 1.807) is 0 Å². The normalized spacial score (nSPS) is 21.9. The maximum Gasteiger partial charge on any atom is 0.0975 e. The van der Waals surface area contributed by atoms with Crippen LogP contribution in [0.5, 0.6) is 0 Å². The van der Waals surface area contributed by atoms with E-state index in [1.807, 2.05) is 6.92 Å². The molecule has 16 heavy (non-hydrogen) atoms. The van der Waals surface area contributed by atoms with Crippen molar-refractivity contribution in [1.82, 2.24) is 5.32 Å². The van der Waals surface area contributed by atoms with E-state index >= 15 is 0 Å². The topological polar surface area (TPSA) is 41.5 Å². The average Bonchev–Trinajstić information content (AvgIpc) is 2.28. The van der Waals surface area contributed by atoms with Crippen LogP contribution in [0.4, 0.5) is 0 Å². The first-order valence-corrected chi connectivity index (χ1v) is 6.69. The predicted octanol–water partition coefficient (Wildman–Crippen LogP) is 2.09. The molecule has 0 radical (unpaired) electrons. The van der Waals surface area contributed by atoms with Crippen molar-refractivity contribution in [3.8, 4) is 0 Å². The molecule has 2 N–H and O–H groups in total. The minimum Gasteiger partial charge on any atom is -0.386 e. The Balaban J connectivity index is 2.13. The number of aliphatic hydroxyl groups is 1. The highest BCUT2D eigenvalue weighted by atomic mass is 16.5. The van der Waals surface area contributed by atoms with Crippen LogP contribution in [0.1, 0.15) is 52.4 Å². The van der Waals surface area contributed by atoms with Gasteiger partial charge in [-0.05, 0) is 32.7 Å². The van der Waals surface area contributed by atoms with Crippen molar-refractivity contribution in [1.29, 1.82) is 0 Å². The van der Waals surface area contributed by atoms with E-state index in [2.05, 4.69) is 12.2 Å². The number of rotatable bonds is 7. The second kappa shape index (κ2) is 7.25. The molecule has 1 aliphatic carbocycles. The Morgan fingerprint density at radius 3 is 2.62 bits per heavy atom. The Morgan fingerprint density at radius 2 is 2.00 bits per heavy atom. The Hall–Kier alpha value is -0.120. The highest BCUT2D eigenvalue weighted by Crippen LogP contribution is 2.21. The summed E-state index contributed by atoms with van der Waals surface area (Å²) in [6, 6.07) is 0. The lowest BCUT2D eigenvalue weighted by Gasteiger charge is -2.28. The van der Waals surface area contributed by atoms with Gasteiger partial charge in [-0.3, -0.25) is 0 Å². The van der Waals surface area contributed by atoms with E-state index < -0.39 is 5.60 Å². The molecule has 0 aliphatic heterocycles. The molecule has 0 amide bonds. The zero-order valence-electron chi connectivity index (χ0n) is 10.8. The summed E-state index contributed by atoms with van der Waals surface area (Å²) in [6.45, 7) is 6.00. The lowest BCUT2D eigenvalue weighted by atomic mass is 9.97. The van der Waals surface area contributed by atoms with Gasteiger partial charge in [0.15, 0.2) is 0 Å². The molecule has 0 aromatic rings. The van der Waals surface area contributed by atoms with E-state index in [0.717, 1.165) is 13.0 Å². The third kappa shape index (κ3) is 5.83. The minimum atomic E-state index is -0.730. The smallest absolute Gasteiger partial charge is 0.0975 e. The van der Waals surface area contributed by atoms with Gasteiger partial charge < -0.3 is 15.2 Å². The number of hydrogen-bond acceptors (Lipinski definition) is 3. The first-order chi connectivity index (χ1) is 7.64. The maximum atomic E-state index is 10.1. The molecule has 3 nitrogen and oxygen atoms in total. The molecule has 1 fully saturated rings. The molecule has 3 heteroatoms. The monoisotopic (exact) mass is 229 g/mol. The van der Waals surface area contributed by atoms with Crippen molar-refractivity contribution in [3.63, 3.8) is 0 Å². The molecule has 96 valence electrons. The molecule has 0 aromatic heterocycles. The number of nitrogens with one attached hydrogen (secondary N) is 1. The quantitative estimate of drug-likeness (QED) is 0.657. The van der Waals surface area contributed by atoms with E-state index in [0.29, 0.717) is 19.3 Å². The Labute approximate surface area is 99.6 Å². The second-order valence-corrected chi connectivity index (χ2v) is 5.24. The Bertz CT molecular complexity index is 177. The van der Waals surface area contributed by atoms with Gasteiger partial charge in [0.05, 0.1) is 18.3 Å². The van der Waals surface area contributed by atoms with Gasteiger partial charge in [-0.1, -0.05) is 26.2 Å². The van der Waals surface area contributed by atoms with Crippen molar-refractivity contribution in [2.75, 3.05) is 19.7 Å². The molecular weight excluding hydrogens is 202 g/mol. The molecule has 1 aliphatic rings. The summed E-state index contributed by atoms with van der Waals surface area (Å²) in [5, 5.41) is 13.3.